The van der Waals surface area contributed by atoms with Gasteiger partial charge in [0.15, 0.2) is 0 Å². The molecule has 7 nitrogen and oxygen atoms in total. The Labute approximate surface area is 112 Å². The number of fused-ring (bicyclic) bond motifs is 1. The molecule has 0 bridgehead atoms. The minimum Gasteiger partial charge on any atom is -0.726 e. The van der Waals surface area contributed by atoms with Gasteiger partial charge in [0, 0.05) is 12.0 Å². The molecule has 1 aromatic heterocycles. The van der Waals surface area contributed by atoms with Crippen molar-refractivity contribution in [2.45, 2.75) is 32.6 Å². The molecule has 0 spiro atoms. The van der Waals surface area contributed by atoms with Gasteiger partial charge >= 0.3 is 5.69 Å². The van der Waals surface area contributed by atoms with Gasteiger partial charge in [-0.3, -0.25) is 4.55 Å². The Morgan fingerprint density at radius 2 is 1.79 bits per heavy atom. The van der Waals surface area contributed by atoms with Gasteiger partial charge in [-0.25, -0.2) is 8.42 Å². The molecule has 1 aliphatic carbocycles. The van der Waals surface area contributed by atoms with Crippen molar-refractivity contribution >= 4 is 10.4 Å². The van der Waals surface area contributed by atoms with Gasteiger partial charge in [-0.2, -0.15) is 13.9 Å². The number of rotatable bonds is 0. The molecule has 1 aromatic rings. The first kappa shape index (κ1) is 15.8. The maximum absolute atomic E-state index is 11.8. The molecule has 1 aliphatic rings. The van der Waals surface area contributed by atoms with Crippen LogP contribution in [0.5, 0.6) is 0 Å². The standard InChI is InChI=1S/C11H17N2O.H2O4S/c1-8-9-6-4-5-7-10(9)13(3)11(14)12(8)2;1-5(2,3)4/h4-7H2,1-3H3;(H2,1,2,3,4)/q+1;/p-1. The first-order chi connectivity index (χ1) is 8.63. The van der Waals surface area contributed by atoms with Gasteiger partial charge in [-0.1, -0.05) is 0 Å². The van der Waals surface area contributed by atoms with Gasteiger partial charge in [0.05, 0.1) is 14.1 Å². The summed E-state index contributed by atoms with van der Waals surface area (Å²) in [6.45, 7) is 2.05. The Kier molecular flexibility index (Phi) is 4.83. The predicted molar refractivity (Wildman–Crippen MR) is 66.6 cm³/mol. The van der Waals surface area contributed by atoms with Gasteiger partial charge in [0.25, 0.3) is 0 Å². The molecule has 0 saturated carbocycles. The second-order valence-corrected chi connectivity index (χ2v) is 5.40. The van der Waals surface area contributed by atoms with Crippen LogP contribution in [0, 0.1) is 6.92 Å². The lowest BCUT2D eigenvalue weighted by molar-refractivity contribution is -0.699. The number of aromatic nitrogens is 2. The van der Waals surface area contributed by atoms with E-state index >= 15 is 0 Å². The minimum absolute atomic E-state index is 0.100. The average molecular weight is 290 g/mol. The summed E-state index contributed by atoms with van der Waals surface area (Å²) < 4.78 is 36.4. The van der Waals surface area contributed by atoms with Crippen LogP contribution in [-0.4, -0.2) is 22.1 Å². The quantitative estimate of drug-likeness (QED) is 0.390. The van der Waals surface area contributed by atoms with Crippen LogP contribution in [0.3, 0.4) is 0 Å². The van der Waals surface area contributed by atoms with Gasteiger partial charge in [-0.05, 0) is 26.2 Å². The summed E-state index contributed by atoms with van der Waals surface area (Å²) in [7, 11) is -1.18. The van der Waals surface area contributed by atoms with Crippen LogP contribution >= 0.6 is 0 Å². The Morgan fingerprint density at radius 3 is 2.32 bits per heavy atom. The van der Waals surface area contributed by atoms with Crippen LogP contribution in [-0.2, 0) is 37.3 Å². The van der Waals surface area contributed by atoms with Crippen molar-refractivity contribution in [1.82, 2.24) is 4.57 Å². The van der Waals surface area contributed by atoms with Gasteiger partial charge in [0.1, 0.15) is 11.4 Å². The molecule has 1 N–H and O–H groups in total. The van der Waals surface area contributed by atoms with Crippen molar-refractivity contribution in [3.8, 4) is 0 Å². The lowest BCUT2D eigenvalue weighted by atomic mass is 9.94. The van der Waals surface area contributed by atoms with Crippen molar-refractivity contribution in [3.63, 3.8) is 0 Å². The molecule has 0 unspecified atom stereocenters. The molecule has 108 valence electrons. The fourth-order valence-electron chi connectivity index (χ4n) is 2.34. The number of hydrogen-bond acceptors (Lipinski definition) is 4. The maximum atomic E-state index is 11.8. The van der Waals surface area contributed by atoms with Crippen LogP contribution in [0.4, 0.5) is 0 Å². The lowest BCUT2D eigenvalue weighted by Crippen LogP contribution is -2.55. The Bertz CT molecular complexity index is 625. The fourth-order valence-corrected chi connectivity index (χ4v) is 2.34. The average Bonchev–Trinajstić information content (AvgIpc) is 2.32. The van der Waals surface area contributed by atoms with Crippen LogP contribution in [0.1, 0.15) is 29.8 Å². The molecule has 2 rings (SSSR count). The van der Waals surface area contributed by atoms with Crippen LogP contribution in [0.25, 0.3) is 0 Å². The molecule has 0 aromatic carbocycles. The van der Waals surface area contributed by atoms with E-state index < -0.39 is 10.4 Å². The third-order valence-electron chi connectivity index (χ3n) is 3.36. The zero-order valence-corrected chi connectivity index (χ0v) is 12.0. The third kappa shape index (κ3) is 4.12. The van der Waals surface area contributed by atoms with Gasteiger partial charge in [0.2, 0.25) is 10.4 Å². The molecule has 0 fully saturated rings. The van der Waals surface area contributed by atoms with Crippen LogP contribution in [0.2, 0.25) is 0 Å². The number of nitrogens with zero attached hydrogens (tertiary/aromatic N) is 2. The van der Waals surface area contributed by atoms with E-state index in [0.29, 0.717) is 0 Å². The van der Waals surface area contributed by atoms with E-state index in [1.54, 1.807) is 4.57 Å². The SMILES string of the molecule is Cc1c2c([n+](C)c(=O)n1C)CCCC2.O=S(=O)([O-])O. The molecule has 0 atom stereocenters. The van der Waals surface area contributed by atoms with E-state index in [1.807, 2.05) is 25.6 Å². The lowest BCUT2D eigenvalue weighted by Gasteiger charge is -2.16. The summed E-state index contributed by atoms with van der Waals surface area (Å²) in [5.41, 5.74) is 3.88. The summed E-state index contributed by atoms with van der Waals surface area (Å²) in [6, 6.07) is 0. The minimum atomic E-state index is -4.92. The molecule has 1 heterocycles. The summed E-state index contributed by atoms with van der Waals surface area (Å²) >= 11 is 0. The van der Waals surface area contributed by atoms with Crippen LogP contribution < -0.4 is 10.3 Å². The predicted octanol–water partition coefficient (Wildman–Crippen LogP) is -0.598. The van der Waals surface area contributed by atoms with Crippen molar-refractivity contribution in [1.29, 1.82) is 0 Å². The number of hydrogen-bond donors (Lipinski definition) is 1. The first-order valence-corrected chi connectivity index (χ1v) is 7.25. The molecule has 0 saturated heterocycles. The normalized spacial score (nSPS) is 14.4. The maximum Gasteiger partial charge on any atom is 0.497 e. The summed E-state index contributed by atoms with van der Waals surface area (Å²) in [6.07, 6.45) is 4.66. The molecule has 19 heavy (non-hydrogen) atoms. The third-order valence-corrected chi connectivity index (χ3v) is 3.36. The van der Waals surface area contributed by atoms with Crippen LogP contribution in [0.15, 0.2) is 4.79 Å². The summed E-state index contributed by atoms with van der Waals surface area (Å²) in [5, 5.41) is 0. The topological polar surface area (TPSA) is 103 Å². The van der Waals surface area contributed by atoms with Crippen molar-refractivity contribution in [2.24, 2.45) is 14.1 Å². The van der Waals surface area contributed by atoms with Crippen molar-refractivity contribution in [3.05, 3.63) is 27.4 Å². The fraction of sp³-hybridized carbons (Fsp3) is 0.636. The molecule has 8 heteroatoms. The molecular weight excluding hydrogens is 272 g/mol. The zero-order valence-electron chi connectivity index (χ0n) is 11.2. The summed E-state index contributed by atoms with van der Waals surface area (Å²) in [4.78, 5) is 11.8. The van der Waals surface area contributed by atoms with E-state index in [4.69, 9.17) is 17.5 Å². The second kappa shape index (κ2) is 5.81. The van der Waals surface area contributed by atoms with E-state index in [0.717, 1.165) is 18.5 Å². The van der Waals surface area contributed by atoms with Crippen molar-refractivity contribution in [2.75, 3.05) is 0 Å². The molecule has 0 aliphatic heterocycles. The van der Waals surface area contributed by atoms with Crippen molar-refractivity contribution < 1.29 is 22.1 Å². The Morgan fingerprint density at radius 1 is 1.32 bits per heavy atom. The van der Waals surface area contributed by atoms with Gasteiger partial charge < -0.3 is 4.55 Å². The highest BCUT2D eigenvalue weighted by molar-refractivity contribution is 7.79. The monoisotopic (exact) mass is 290 g/mol. The van der Waals surface area contributed by atoms with E-state index in [1.165, 1.54) is 24.1 Å². The second-order valence-electron chi connectivity index (χ2n) is 4.55. The van der Waals surface area contributed by atoms with Gasteiger partial charge in [-0.15, -0.1) is 0 Å². The van der Waals surface area contributed by atoms with E-state index in [-0.39, 0.29) is 5.69 Å². The van der Waals surface area contributed by atoms with E-state index in [9.17, 15) is 4.79 Å². The Balaban J connectivity index is 0.000000312. The summed E-state index contributed by atoms with van der Waals surface area (Å²) in [5.74, 6) is 0. The Hall–Kier alpha value is -1.25. The highest BCUT2D eigenvalue weighted by Gasteiger charge is 2.23. The highest BCUT2D eigenvalue weighted by atomic mass is 32.3. The molecule has 0 radical (unpaired) electrons. The van der Waals surface area contributed by atoms with E-state index in [2.05, 4.69) is 0 Å². The first-order valence-electron chi connectivity index (χ1n) is 5.88. The smallest absolute Gasteiger partial charge is 0.497 e. The highest BCUT2D eigenvalue weighted by Crippen LogP contribution is 2.19. The zero-order chi connectivity index (χ0) is 14.8. The largest absolute Gasteiger partial charge is 0.726 e. The molecular formula is C11H18N2O5S. The molecule has 0 amide bonds.